The van der Waals surface area contributed by atoms with Gasteiger partial charge in [0.15, 0.2) is 6.35 Å². The Morgan fingerprint density at radius 3 is 2.43 bits per heavy atom. The minimum atomic E-state index is -2.74. The Kier molecular flexibility index (Phi) is 6.59. The molecule has 1 aromatic carbocycles. The third kappa shape index (κ3) is 5.69. The molecular weight excluding hydrogens is 293 g/mol. The van der Waals surface area contributed by atoms with Crippen molar-refractivity contribution < 1.29 is 18.7 Å². The molecule has 116 valence electrons. The molecule has 0 bridgehead atoms. The molecular formula is C14H20NO5P. The molecule has 0 N–H and O–H groups in total. The first-order valence-electron chi connectivity index (χ1n) is 6.68. The zero-order valence-corrected chi connectivity index (χ0v) is 13.3. The minimum absolute atomic E-state index is 0.0282. The van der Waals surface area contributed by atoms with E-state index in [1.54, 1.807) is 38.1 Å². The Hall–Kier alpha value is -1.65. The lowest BCUT2D eigenvalue weighted by Gasteiger charge is -2.16. The van der Waals surface area contributed by atoms with Gasteiger partial charge in [0.2, 0.25) is 13.1 Å². The molecule has 0 saturated heterocycles. The van der Waals surface area contributed by atoms with Crippen LogP contribution in [0.1, 0.15) is 26.3 Å². The molecule has 6 nitrogen and oxygen atoms in total. The lowest BCUT2D eigenvalue weighted by molar-refractivity contribution is -0.422. The summed E-state index contributed by atoms with van der Waals surface area (Å²) in [5.74, 6) is 0.555. The molecule has 7 heteroatoms. The van der Waals surface area contributed by atoms with Crippen molar-refractivity contribution in [2.45, 2.75) is 20.8 Å². The molecule has 0 radical (unpaired) electrons. The molecule has 0 amide bonds. The molecule has 1 rings (SSSR count). The van der Waals surface area contributed by atoms with E-state index >= 15 is 0 Å². The standard InChI is InChI=1S/C14H20NO5P/c1-4-20-21(18,5-2)11-19-14-8-6-13(7-9-14)10-12(3)15(16)17/h6-10H,4-5,11H2,1-3H3. The van der Waals surface area contributed by atoms with Crippen LogP contribution in [-0.4, -0.2) is 24.0 Å². The highest BCUT2D eigenvalue weighted by molar-refractivity contribution is 7.58. The third-order valence-corrected chi connectivity index (χ3v) is 5.03. The second kappa shape index (κ2) is 7.96. The van der Waals surface area contributed by atoms with Gasteiger partial charge in [-0.2, -0.15) is 0 Å². The fourth-order valence-electron chi connectivity index (χ4n) is 1.58. The van der Waals surface area contributed by atoms with Gasteiger partial charge in [0.1, 0.15) is 5.75 Å². The molecule has 1 atom stereocenters. The van der Waals surface area contributed by atoms with Gasteiger partial charge in [0, 0.05) is 19.2 Å². The monoisotopic (exact) mass is 313 g/mol. The van der Waals surface area contributed by atoms with E-state index in [1.165, 1.54) is 13.0 Å². The third-order valence-electron chi connectivity index (χ3n) is 2.82. The number of nitrogens with zero attached hydrogens (tertiary/aromatic N) is 1. The largest absolute Gasteiger partial charge is 0.484 e. The second-order valence-corrected chi connectivity index (χ2v) is 7.21. The highest BCUT2D eigenvalue weighted by atomic mass is 31.2. The zero-order chi connectivity index (χ0) is 15.9. The van der Waals surface area contributed by atoms with E-state index in [1.807, 2.05) is 0 Å². The Balaban J connectivity index is 2.69. The summed E-state index contributed by atoms with van der Waals surface area (Å²) in [7, 11) is -2.74. The number of benzene rings is 1. The van der Waals surface area contributed by atoms with Gasteiger partial charge in [-0.15, -0.1) is 0 Å². The first-order valence-corrected chi connectivity index (χ1v) is 8.68. The summed E-state index contributed by atoms with van der Waals surface area (Å²) in [5, 5.41) is 10.5. The maximum Gasteiger partial charge on any atom is 0.243 e. The van der Waals surface area contributed by atoms with Crippen LogP contribution in [0.3, 0.4) is 0 Å². The average molecular weight is 313 g/mol. The Morgan fingerprint density at radius 2 is 1.95 bits per heavy atom. The zero-order valence-electron chi connectivity index (χ0n) is 12.4. The van der Waals surface area contributed by atoms with Crippen LogP contribution in [0.2, 0.25) is 0 Å². The normalized spacial score (nSPS) is 14.5. The van der Waals surface area contributed by atoms with E-state index in [0.29, 0.717) is 24.1 Å². The summed E-state index contributed by atoms with van der Waals surface area (Å²) >= 11 is 0. The molecule has 0 spiro atoms. The summed E-state index contributed by atoms with van der Waals surface area (Å²) in [5.41, 5.74) is 0.774. The number of rotatable bonds is 8. The van der Waals surface area contributed by atoms with Gasteiger partial charge >= 0.3 is 0 Å². The Morgan fingerprint density at radius 1 is 1.33 bits per heavy atom. The summed E-state index contributed by atoms with van der Waals surface area (Å²) in [6.07, 6.45) is 1.92. The van der Waals surface area contributed by atoms with E-state index in [-0.39, 0.29) is 12.0 Å². The van der Waals surface area contributed by atoms with Crippen LogP contribution in [0, 0.1) is 10.1 Å². The number of ether oxygens (including phenoxy) is 1. The van der Waals surface area contributed by atoms with Crippen LogP contribution in [0.25, 0.3) is 6.08 Å². The molecule has 0 aliphatic heterocycles. The smallest absolute Gasteiger partial charge is 0.243 e. The Bertz CT molecular complexity index is 553. The van der Waals surface area contributed by atoms with Crippen molar-refractivity contribution in [1.29, 1.82) is 0 Å². The first kappa shape index (κ1) is 17.4. The SMILES string of the molecule is CCOP(=O)(CC)COc1ccc(C=C(C)[N+](=O)[O-])cc1. The van der Waals surface area contributed by atoms with Gasteiger partial charge < -0.3 is 9.26 Å². The van der Waals surface area contributed by atoms with Crippen LogP contribution < -0.4 is 4.74 Å². The van der Waals surface area contributed by atoms with Crippen LogP contribution >= 0.6 is 7.37 Å². The molecule has 1 unspecified atom stereocenters. The summed E-state index contributed by atoms with van der Waals surface area (Å²) in [4.78, 5) is 10.1. The highest BCUT2D eigenvalue weighted by Gasteiger charge is 2.20. The topological polar surface area (TPSA) is 78.7 Å². The minimum Gasteiger partial charge on any atom is -0.484 e. The van der Waals surface area contributed by atoms with Gasteiger partial charge in [-0.25, -0.2) is 0 Å². The van der Waals surface area contributed by atoms with Crippen LogP contribution in [0.5, 0.6) is 5.75 Å². The van der Waals surface area contributed by atoms with Gasteiger partial charge in [-0.3, -0.25) is 14.7 Å². The summed E-state index contributed by atoms with van der Waals surface area (Å²) in [6, 6.07) is 6.79. The fraction of sp³-hybridized carbons (Fsp3) is 0.429. The fourth-order valence-corrected chi connectivity index (χ4v) is 2.84. The van der Waals surface area contributed by atoms with E-state index < -0.39 is 12.3 Å². The van der Waals surface area contributed by atoms with Gasteiger partial charge in [-0.1, -0.05) is 19.1 Å². The van der Waals surface area contributed by atoms with E-state index in [4.69, 9.17) is 9.26 Å². The molecule has 1 aromatic rings. The molecule has 0 aromatic heterocycles. The highest BCUT2D eigenvalue weighted by Crippen LogP contribution is 2.46. The van der Waals surface area contributed by atoms with Crippen molar-refractivity contribution in [2.24, 2.45) is 0 Å². The maximum absolute atomic E-state index is 12.2. The van der Waals surface area contributed by atoms with E-state index in [9.17, 15) is 14.7 Å². The van der Waals surface area contributed by atoms with Crippen molar-refractivity contribution >= 4 is 13.4 Å². The van der Waals surface area contributed by atoms with Gasteiger partial charge in [-0.05, 0) is 24.6 Å². The second-order valence-electron chi connectivity index (χ2n) is 4.43. The van der Waals surface area contributed by atoms with Crippen LogP contribution in [0.4, 0.5) is 0 Å². The predicted molar refractivity (Wildman–Crippen MR) is 82.4 cm³/mol. The van der Waals surface area contributed by atoms with E-state index in [0.717, 1.165) is 0 Å². The Labute approximate surface area is 124 Å². The molecule has 0 heterocycles. The van der Waals surface area contributed by atoms with Gasteiger partial charge in [0.05, 0.1) is 11.5 Å². The molecule has 0 aliphatic rings. The van der Waals surface area contributed by atoms with Crippen molar-refractivity contribution in [3.8, 4) is 5.75 Å². The van der Waals surface area contributed by atoms with Gasteiger partial charge in [0.25, 0.3) is 0 Å². The number of hydrogen-bond acceptors (Lipinski definition) is 5. The first-order chi connectivity index (χ1) is 9.90. The number of nitro groups is 1. The van der Waals surface area contributed by atoms with Crippen molar-refractivity contribution in [3.05, 3.63) is 45.6 Å². The van der Waals surface area contributed by atoms with Crippen molar-refractivity contribution in [2.75, 3.05) is 19.1 Å². The number of allylic oxidation sites excluding steroid dienone is 1. The van der Waals surface area contributed by atoms with Crippen molar-refractivity contribution in [1.82, 2.24) is 0 Å². The van der Waals surface area contributed by atoms with Crippen molar-refractivity contribution in [3.63, 3.8) is 0 Å². The number of hydrogen-bond donors (Lipinski definition) is 0. The maximum atomic E-state index is 12.2. The average Bonchev–Trinajstić information content (AvgIpc) is 2.47. The summed E-state index contributed by atoms with van der Waals surface area (Å²) < 4.78 is 22.9. The quantitative estimate of drug-likeness (QED) is 0.412. The van der Waals surface area contributed by atoms with Crippen LogP contribution in [0.15, 0.2) is 30.0 Å². The van der Waals surface area contributed by atoms with E-state index in [2.05, 4.69) is 0 Å². The molecule has 21 heavy (non-hydrogen) atoms. The lowest BCUT2D eigenvalue weighted by atomic mass is 10.2. The molecule has 0 saturated carbocycles. The van der Waals surface area contributed by atoms with Crippen LogP contribution in [-0.2, 0) is 9.09 Å². The lowest BCUT2D eigenvalue weighted by Crippen LogP contribution is -2.04. The predicted octanol–water partition coefficient (Wildman–Crippen LogP) is 3.99. The summed E-state index contributed by atoms with van der Waals surface area (Å²) in [6.45, 7) is 5.41. The molecule has 0 aliphatic carbocycles. The molecule has 0 fully saturated rings.